The summed E-state index contributed by atoms with van der Waals surface area (Å²) in [5, 5.41) is 3.28. The average Bonchev–Trinajstić information content (AvgIpc) is 3.08. The molecule has 1 aromatic carbocycles. The molecule has 0 spiro atoms. The molecule has 0 saturated carbocycles. The Hall–Kier alpha value is -1.00. The summed E-state index contributed by atoms with van der Waals surface area (Å²) in [6.45, 7) is 4.36. The predicted octanol–water partition coefficient (Wildman–Crippen LogP) is -0.257. The number of rotatable bonds is 4. The first-order valence-corrected chi connectivity index (χ1v) is 10.4. The molecule has 9 heteroatoms. The van der Waals surface area contributed by atoms with Crippen molar-refractivity contribution in [1.82, 2.24) is 14.3 Å². The third-order valence-corrected chi connectivity index (χ3v) is 8.10. The van der Waals surface area contributed by atoms with Crippen LogP contribution in [0, 0.1) is 18.8 Å². The number of nitrogens with zero attached hydrogens (tertiary/aromatic N) is 1. The van der Waals surface area contributed by atoms with Crippen molar-refractivity contribution >= 4 is 20.0 Å². The summed E-state index contributed by atoms with van der Waals surface area (Å²) in [4.78, 5) is 0.249. The molecule has 0 radical (unpaired) electrons. The van der Waals surface area contributed by atoms with Crippen LogP contribution in [0.15, 0.2) is 28.0 Å². The van der Waals surface area contributed by atoms with Crippen molar-refractivity contribution in [3.8, 4) is 0 Å². The molecule has 2 N–H and O–H groups in total. The van der Waals surface area contributed by atoms with Gasteiger partial charge in [-0.25, -0.2) is 21.6 Å². The second-order valence-corrected chi connectivity index (χ2v) is 9.93. The van der Waals surface area contributed by atoms with Crippen LogP contribution in [0.1, 0.15) is 5.56 Å². The molecule has 0 aromatic heterocycles. The summed E-state index contributed by atoms with van der Waals surface area (Å²) in [6.07, 6.45) is 0. The smallest absolute Gasteiger partial charge is 0.243 e. The summed E-state index contributed by atoms with van der Waals surface area (Å²) >= 11 is 0. The molecule has 2 saturated heterocycles. The lowest BCUT2D eigenvalue weighted by atomic mass is 10.0. The zero-order valence-corrected chi connectivity index (χ0v) is 14.7. The Balaban J connectivity index is 1.91. The Kier molecular flexibility index (Phi) is 4.26. The van der Waals surface area contributed by atoms with Crippen LogP contribution in [0.5, 0.6) is 0 Å². The monoisotopic (exact) mass is 359 g/mol. The lowest BCUT2D eigenvalue weighted by Gasteiger charge is -2.18. The van der Waals surface area contributed by atoms with Gasteiger partial charge in [0.25, 0.3) is 0 Å². The van der Waals surface area contributed by atoms with Gasteiger partial charge in [0.15, 0.2) is 0 Å². The lowest BCUT2D eigenvalue weighted by molar-refractivity contribution is 0.448. The molecule has 0 unspecified atom stereocenters. The molecule has 3 rings (SSSR count). The van der Waals surface area contributed by atoms with Crippen molar-refractivity contribution in [1.29, 1.82) is 0 Å². The van der Waals surface area contributed by atoms with Gasteiger partial charge in [-0.05, 0) is 62.7 Å². The fourth-order valence-corrected chi connectivity index (χ4v) is 5.94. The van der Waals surface area contributed by atoms with E-state index in [1.54, 1.807) is 6.92 Å². The zero-order chi connectivity index (χ0) is 16.8. The van der Waals surface area contributed by atoms with Gasteiger partial charge in [-0.15, -0.1) is 0 Å². The van der Waals surface area contributed by atoms with Gasteiger partial charge in [0.2, 0.25) is 20.0 Å². The summed E-state index contributed by atoms with van der Waals surface area (Å²) in [5.41, 5.74) is 0.418. The Morgan fingerprint density at radius 2 is 1.74 bits per heavy atom. The minimum atomic E-state index is -3.59. The number of hydrogen-bond donors (Lipinski definition) is 2. The van der Waals surface area contributed by atoms with Crippen molar-refractivity contribution < 1.29 is 16.8 Å². The highest BCUT2D eigenvalue weighted by molar-refractivity contribution is 7.89. The summed E-state index contributed by atoms with van der Waals surface area (Å²) in [5.74, 6) is 0.740. The van der Waals surface area contributed by atoms with Crippen molar-refractivity contribution in [2.75, 3.05) is 33.2 Å². The molecule has 0 aliphatic carbocycles. The van der Waals surface area contributed by atoms with E-state index < -0.39 is 20.0 Å². The number of aryl methyl sites for hydroxylation is 1. The maximum absolute atomic E-state index is 12.8. The van der Waals surface area contributed by atoms with Crippen LogP contribution >= 0.6 is 0 Å². The van der Waals surface area contributed by atoms with Gasteiger partial charge in [0.1, 0.15) is 0 Å². The van der Waals surface area contributed by atoms with Gasteiger partial charge >= 0.3 is 0 Å². The van der Waals surface area contributed by atoms with Crippen LogP contribution in [0.25, 0.3) is 0 Å². The summed E-state index contributed by atoms with van der Waals surface area (Å²) in [7, 11) is -5.84. The molecular formula is C14H21N3O4S2. The lowest BCUT2D eigenvalue weighted by Crippen LogP contribution is -2.32. The van der Waals surface area contributed by atoms with Crippen LogP contribution < -0.4 is 10.0 Å². The molecule has 2 fully saturated rings. The topological polar surface area (TPSA) is 95.6 Å². The van der Waals surface area contributed by atoms with Crippen molar-refractivity contribution in [3.63, 3.8) is 0 Å². The van der Waals surface area contributed by atoms with Crippen LogP contribution in [0.2, 0.25) is 0 Å². The van der Waals surface area contributed by atoms with Crippen molar-refractivity contribution in [2.24, 2.45) is 11.8 Å². The molecular weight excluding hydrogens is 338 g/mol. The Morgan fingerprint density at radius 1 is 1.13 bits per heavy atom. The SMILES string of the molecule is CNS(=O)(=O)c1ccc(S(=O)(=O)N2C[C@H]3CNC[C@H]3C2)cc1C. The predicted molar refractivity (Wildman–Crippen MR) is 86.0 cm³/mol. The molecule has 0 bridgehead atoms. The third-order valence-electron chi connectivity index (χ3n) is 4.70. The number of fused-ring (bicyclic) bond motifs is 1. The molecule has 2 heterocycles. The van der Waals surface area contributed by atoms with Gasteiger partial charge in [0.05, 0.1) is 9.79 Å². The van der Waals surface area contributed by atoms with E-state index in [9.17, 15) is 16.8 Å². The van der Waals surface area contributed by atoms with E-state index in [1.165, 1.54) is 29.6 Å². The normalized spacial score (nSPS) is 25.7. The molecule has 23 heavy (non-hydrogen) atoms. The first-order chi connectivity index (χ1) is 10.8. The number of nitrogens with one attached hydrogen (secondary N) is 2. The number of benzene rings is 1. The second-order valence-electron chi connectivity index (χ2n) is 6.14. The number of sulfonamides is 2. The highest BCUT2D eigenvalue weighted by Crippen LogP contribution is 2.31. The first kappa shape index (κ1) is 16.8. The Bertz CT molecular complexity index is 808. The molecule has 0 amide bonds. The molecule has 128 valence electrons. The van der Waals surface area contributed by atoms with Crippen molar-refractivity contribution in [2.45, 2.75) is 16.7 Å². The van der Waals surface area contributed by atoms with Gasteiger partial charge < -0.3 is 5.32 Å². The van der Waals surface area contributed by atoms with E-state index in [1.807, 2.05) is 0 Å². The van der Waals surface area contributed by atoms with E-state index in [-0.39, 0.29) is 9.79 Å². The fraction of sp³-hybridized carbons (Fsp3) is 0.571. The van der Waals surface area contributed by atoms with Gasteiger partial charge in [-0.3, -0.25) is 0 Å². The van der Waals surface area contributed by atoms with Crippen LogP contribution in [-0.4, -0.2) is 54.4 Å². The molecule has 2 aliphatic rings. The highest BCUT2D eigenvalue weighted by atomic mass is 32.2. The fourth-order valence-electron chi connectivity index (χ4n) is 3.35. The summed E-state index contributed by atoms with van der Waals surface area (Å²) in [6, 6.07) is 4.16. The van der Waals surface area contributed by atoms with Gasteiger partial charge in [-0.2, -0.15) is 4.31 Å². The number of hydrogen-bond acceptors (Lipinski definition) is 5. The third kappa shape index (κ3) is 2.91. The molecule has 1 aromatic rings. The summed E-state index contributed by atoms with van der Waals surface area (Å²) < 4.78 is 53.1. The standard InChI is InChI=1S/C14H21N3O4S2/c1-10-5-13(3-4-14(10)22(18,19)15-2)23(20,21)17-8-11-6-16-7-12(11)9-17/h3-5,11-12,15-16H,6-9H2,1-2H3/t11-,12+. The second kappa shape index (κ2) is 5.82. The van der Waals surface area contributed by atoms with Gasteiger partial charge in [0, 0.05) is 13.1 Å². The Labute approximate surface area is 137 Å². The Morgan fingerprint density at radius 3 is 2.26 bits per heavy atom. The first-order valence-electron chi connectivity index (χ1n) is 7.51. The van der Waals surface area contributed by atoms with E-state index >= 15 is 0 Å². The van der Waals surface area contributed by atoms with Crippen LogP contribution in [0.3, 0.4) is 0 Å². The zero-order valence-electron chi connectivity index (χ0n) is 13.1. The van der Waals surface area contributed by atoms with E-state index in [0.29, 0.717) is 30.5 Å². The largest absolute Gasteiger partial charge is 0.316 e. The minimum absolute atomic E-state index is 0.0986. The average molecular weight is 359 g/mol. The van der Waals surface area contributed by atoms with Crippen LogP contribution in [0.4, 0.5) is 0 Å². The maximum atomic E-state index is 12.8. The molecule has 2 atom stereocenters. The van der Waals surface area contributed by atoms with E-state index in [0.717, 1.165) is 13.1 Å². The molecule has 2 aliphatic heterocycles. The maximum Gasteiger partial charge on any atom is 0.243 e. The van der Waals surface area contributed by atoms with Crippen molar-refractivity contribution in [3.05, 3.63) is 23.8 Å². The van der Waals surface area contributed by atoms with E-state index in [4.69, 9.17) is 0 Å². The highest BCUT2D eigenvalue weighted by Gasteiger charge is 2.41. The molecule has 7 nitrogen and oxygen atoms in total. The van der Waals surface area contributed by atoms with Gasteiger partial charge in [-0.1, -0.05) is 0 Å². The van der Waals surface area contributed by atoms with Crippen LogP contribution in [-0.2, 0) is 20.0 Å². The quantitative estimate of drug-likeness (QED) is 0.772. The minimum Gasteiger partial charge on any atom is -0.316 e. The van der Waals surface area contributed by atoms with E-state index in [2.05, 4.69) is 10.0 Å².